The van der Waals surface area contributed by atoms with Gasteiger partial charge in [0, 0.05) is 56.4 Å². The molecule has 2 fully saturated rings. The molecule has 7 nitrogen and oxygen atoms in total. The van der Waals surface area contributed by atoms with E-state index in [2.05, 4.69) is 4.90 Å². The van der Waals surface area contributed by atoms with E-state index in [1.807, 2.05) is 37.8 Å². The maximum absolute atomic E-state index is 13.0. The Morgan fingerprint density at radius 3 is 2.31 bits per heavy atom. The molecular formula is C21H30ClN3O4. The molecule has 0 bridgehead atoms. The van der Waals surface area contributed by atoms with Gasteiger partial charge in [0.25, 0.3) is 5.91 Å². The van der Waals surface area contributed by atoms with Gasteiger partial charge in [-0.15, -0.1) is 0 Å². The number of carbonyl (C=O) groups excluding carboxylic acids is 2. The zero-order valence-electron chi connectivity index (χ0n) is 17.4. The summed E-state index contributed by atoms with van der Waals surface area (Å²) in [5, 5.41) is 0.556. The Labute approximate surface area is 177 Å². The van der Waals surface area contributed by atoms with Crippen LogP contribution in [0.3, 0.4) is 0 Å². The molecule has 0 aliphatic carbocycles. The number of hydrogen-bond acceptors (Lipinski definition) is 5. The molecule has 0 N–H and O–H groups in total. The number of hydrogen-bond donors (Lipinski definition) is 0. The normalized spacial score (nSPS) is 18.6. The molecule has 0 aromatic heterocycles. The summed E-state index contributed by atoms with van der Waals surface area (Å²) in [6, 6.07) is 5.51. The van der Waals surface area contributed by atoms with Gasteiger partial charge < -0.3 is 19.3 Å². The van der Waals surface area contributed by atoms with Crippen LogP contribution in [-0.4, -0.2) is 84.8 Å². The molecule has 2 aliphatic rings. The number of nitrogens with zero attached hydrogens (tertiary/aromatic N) is 3. The van der Waals surface area contributed by atoms with Gasteiger partial charge in [0.15, 0.2) is 0 Å². The van der Waals surface area contributed by atoms with Gasteiger partial charge >= 0.3 is 6.09 Å². The molecule has 1 aromatic carbocycles. The highest BCUT2D eigenvalue weighted by molar-refractivity contribution is 6.31. The Morgan fingerprint density at radius 2 is 1.69 bits per heavy atom. The molecule has 0 radical (unpaired) electrons. The van der Waals surface area contributed by atoms with Gasteiger partial charge in [0.1, 0.15) is 5.60 Å². The predicted octanol–water partition coefficient (Wildman–Crippen LogP) is 2.87. The summed E-state index contributed by atoms with van der Waals surface area (Å²) in [6.07, 6.45) is -0.271. The summed E-state index contributed by atoms with van der Waals surface area (Å²) in [5.41, 5.74) is 1.11. The molecule has 0 atom stereocenters. The summed E-state index contributed by atoms with van der Waals surface area (Å²) in [4.78, 5) is 31.1. The molecule has 0 spiro atoms. The van der Waals surface area contributed by atoms with Crippen molar-refractivity contribution in [2.45, 2.75) is 32.9 Å². The van der Waals surface area contributed by atoms with E-state index in [9.17, 15) is 9.59 Å². The van der Waals surface area contributed by atoms with Crippen LogP contribution in [0.5, 0.6) is 0 Å². The van der Waals surface area contributed by atoms with Crippen molar-refractivity contribution in [1.29, 1.82) is 0 Å². The van der Waals surface area contributed by atoms with E-state index in [1.54, 1.807) is 11.0 Å². The quantitative estimate of drug-likeness (QED) is 0.748. The highest BCUT2D eigenvalue weighted by Gasteiger charge is 2.27. The average Bonchev–Trinajstić information content (AvgIpc) is 2.68. The fraction of sp³-hybridized carbons (Fsp3) is 0.619. The number of carbonyl (C=O) groups is 2. The highest BCUT2D eigenvalue weighted by atomic mass is 35.5. The van der Waals surface area contributed by atoms with Gasteiger partial charge in [-0.3, -0.25) is 9.69 Å². The molecule has 0 unspecified atom stereocenters. The van der Waals surface area contributed by atoms with Crippen LogP contribution in [0.4, 0.5) is 4.79 Å². The molecule has 2 amide bonds. The number of morpholine rings is 1. The molecule has 1 aromatic rings. The molecule has 29 heavy (non-hydrogen) atoms. The van der Waals surface area contributed by atoms with Crippen LogP contribution in [0.25, 0.3) is 0 Å². The summed E-state index contributed by atoms with van der Waals surface area (Å²) >= 11 is 6.18. The molecule has 2 aliphatic heterocycles. The Morgan fingerprint density at radius 1 is 1.03 bits per heavy atom. The standard InChI is InChI=1S/C21H30ClN3O4/c1-21(2,3)29-20(27)25-8-6-23(7-9-25)15-16-4-5-17(22)14-18(16)19(26)24-10-12-28-13-11-24/h4-5,14H,6-13,15H2,1-3H3. The van der Waals surface area contributed by atoms with E-state index in [-0.39, 0.29) is 12.0 Å². The summed E-state index contributed by atoms with van der Waals surface area (Å²) in [6.45, 7) is 11.2. The second-order valence-electron chi connectivity index (χ2n) is 8.45. The zero-order valence-corrected chi connectivity index (χ0v) is 18.2. The largest absolute Gasteiger partial charge is 0.444 e. The molecule has 3 rings (SSSR count). The molecule has 160 valence electrons. The molecule has 2 saturated heterocycles. The van der Waals surface area contributed by atoms with E-state index in [0.717, 1.165) is 18.7 Å². The third kappa shape index (κ3) is 6.07. The first-order valence-corrected chi connectivity index (χ1v) is 10.5. The lowest BCUT2D eigenvalue weighted by molar-refractivity contribution is 0.0138. The SMILES string of the molecule is CC(C)(C)OC(=O)N1CCN(Cc2ccc(Cl)cc2C(=O)N2CCOCC2)CC1. The van der Waals surface area contributed by atoms with Crippen molar-refractivity contribution < 1.29 is 19.1 Å². The highest BCUT2D eigenvalue weighted by Crippen LogP contribution is 2.21. The van der Waals surface area contributed by atoms with E-state index in [4.69, 9.17) is 21.1 Å². The van der Waals surface area contributed by atoms with Crippen LogP contribution in [0, 0.1) is 0 Å². The van der Waals surface area contributed by atoms with Crippen LogP contribution in [-0.2, 0) is 16.0 Å². The van der Waals surface area contributed by atoms with Crippen molar-refractivity contribution in [1.82, 2.24) is 14.7 Å². The first-order valence-electron chi connectivity index (χ1n) is 10.1. The first kappa shape index (κ1) is 21.9. The Balaban J connectivity index is 1.62. The lowest BCUT2D eigenvalue weighted by atomic mass is 10.0. The second kappa shape index (κ2) is 9.32. The predicted molar refractivity (Wildman–Crippen MR) is 111 cm³/mol. The third-order valence-electron chi connectivity index (χ3n) is 5.02. The Kier molecular flexibility index (Phi) is 7.03. The second-order valence-corrected chi connectivity index (χ2v) is 8.89. The Hall–Kier alpha value is -1.83. The number of piperazine rings is 1. The number of amides is 2. The third-order valence-corrected chi connectivity index (χ3v) is 5.25. The first-order chi connectivity index (χ1) is 13.7. The number of benzene rings is 1. The van der Waals surface area contributed by atoms with Gasteiger partial charge in [-0.2, -0.15) is 0 Å². The fourth-order valence-electron chi connectivity index (χ4n) is 3.48. The van der Waals surface area contributed by atoms with E-state index >= 15 is 0 Å². The van der Waals surface area contributed by atoms with E-state index in [1.165, 1.54) is 0 Å². The molecule has 0 saturated carbocycles. The zero-order chi connectivity index (χ0) is 21.0. The lowest BCUT2D eigenvalue weighted by Crippen LogP contribution is -2.49. The smallest absolute Gasteiger partial charge is 0.410 e. The van der Waals surface area contributed by atoms with E-state index in [0.29, 0.717) is 56.5 Å². The van der Waals surface area contributed by atoms with Crippen molar-refractivity contribution in [3.05, 3.63) is 34.3 Å². The molecular weight excluding hydrogens is 394 g/mol. The molecule has 2 heterocycles. The summed E-state index contributed by atoms with van der Waals surface area (Å²) in [5.74, 6) is -0.00168. The summed E-state index contributed by atoms with van der Waals surface area (Å²) in [7, 11) is 0. The van der Waals surface area contributed by atoms with E-state index < -0.39 is 5.60 Å². The summed E-state index contributed by atoms with van der Waals surface area (Å²) < 4.78 is 10.8. The number of rotatable bonds is 3. The Bertz CT molecular complexity index is 736. The van der Waals surface area contributed by atoms with Crippen molar-refractivity contribution in [3.63, 3.8) is 0 Å². The number of ether oxygens (including phenoxy) is 2. The maximum Gasteiger partial charge on any atom is 0.410 e. The fourth-order valence-corrected chi connectivity index (χ4v) is 3.65. The lowest BCUT2D eigenvalue weighted by Gasteiger charge is -2.36. The van der Waals surface area contributed by atoms with Gasteiger partial charge in [-0.1, -0.05) is 17.7 Å². The van der Waals surface area contributed by atoms with Crippen LogP contribution >= 0.6 is 11.6 Å². The van der Waals surface area contributed by atoms with Crippen molar-refractivity contribution in [2.75, 3.05) is 52.5 Å². The van der Waals surface area contributed by atoms with Crippen LogP contribution < -0.4 is 0 Å². The van der Waals surface area contributed by atoms with Crippen LogP contribution in [0.2, 0.25) is 5.02 Å². The minimum atomic E-state index is -0.494. The monoisotopic (exact) mass is 423 g/mol. The molecule has 8 heteroatoms. The maximum atomic E-state index is 13.0. The number of halogens is 1. The van der Waals surface area contributed by atoms with Crippen LogP contribution in [0.15, 0.2) is 18.2 Å². The van der Waals surface area contributed by atoms with Crippen molar-refractivity contribution in [3.8, 4) is 0 Å². The van der Waals surface area contributed by atoms with Gasteiger partial charge in [-0.25, -0.2) is 4.79 Å². The van der Waals surface area contributed by atoms with Crippen molar-refractivity contribution >= 4 is 23.6 Å². The van der Waals surface area contributed by atoms with Crippen LogP contribution in [0.1, 0.15) is 36.7 Å². The van der Waals surface area contributed by atoms with Gasteiger partial charge in [0.2, 0.25) is 0 Å². The van der Waals surface area contributed by atoms with Gasteiger partial charge in [-0.05, 0) is 38.5 Å². The minimum absolute atomic E-state index is 0.00168. The average molecular weight is 424 g/mol. The minimum Gasteiger partial charge on any atom is -0.444 e. The topological polar surface area (TPSA) is 62.3 Å². The van der Waals surface area contributed by atoms with Crippen molar-refractivity contribution in [2.24, 2.45) is 0 Å². The van der Waals surface area contributed by atoms with Gasteiger partial charge in [0.05, 0.1) is 13.2 Å².